The van der Waals surface area contributed by atoms with Gasteiger partial charge in [0.1, 0.15) is 24.0 Å². The maximum absolute atomic E-state index is 12.3. The quantitative estimate of drug-likeness (QED) is 0.364. The number of carboxylic acids is 1. The Bertz CT molecular complexity index is 1210. The number of carboxylic acid groups (broad SMARTS) is 1. The standard InChI is InChI=1S/C25H21NO6/c1-16(17-5-3-2-4-6-17)31-25(29)26-24-21(13-14-30-24)18-7-9-19(10-8-18)22-12-11-20(32-22)15-23(27)28/h2-14,16H,15H2,1H3,(H,26,29)(H,27,28). The minimum atomic E-state index is -0.946. The molecule has 1 atom stereocenters. The Hall–Kier alpha value is -4.26. The first-order chi connectivity index (χ1) is 15.5. The van der Waals surface area contributed by atoms with Crippen molar-refractivity contribution in [1.82, 2.24) is 0 Å². The van der Waals surface area contributed by atoms with Crippen molar-refractivity contribution in [2.75, 3.05) is 5.32 Å². The SMILES string of the molecule is CC(OC(=O)Nc1occc1-c1ccc(-c2ccc(CC(=O)O)o2)cc1)c1ccccc1. The summed E-state index contributed by atoms with van der Waals surface area (Å²) in [6.07, 6.45) is 0.301. The van der Waals surface area contributed by atoms with E-state index in [0.717, 1.165) is 16.7 Å². The third kappa shape index (κ3) is 4.89. The normalized spacial score (nSPS) is 11.7. The van der Waals surface area contributed by atoms with Crippen LogP contribution in [0.5, 0.6) is 0 Å². The zero-order chi connectivity index (χ0) is 22.5. The summed E-state index contributed by atoms with van der Waals surface area (Å²) in [5.41, 5.74) is 3.22. The number of anilines is 1. The van der Waals surface area contributed by atoms with Crippen LogP contribution < -0.4 is 5.32 Å². The Labute approximate surface area is 184 Å². The van der Waals surface area contributed by atoms with Gasteiger partial charge in [0.2, 0.25) is 5.88 Å². The molecule has 7 nitrogen and oxygen atoms in total. The highest BCUT2D eigenvalue weighted by molar-refractivity contribution is 5.89. The minimum Gasteiger partial charge on any atom is -0.481 e. The molecule has 2 N–H and O–H groups in total. The molecule has 0 bridgehead atoms. The van der Waals surface area contributed by atoms with E-state index in [0.29, 0.717) is 17.1 Å². The van der Waals surface area contributed by atoms with E-state index in [1.54, 1.807) is 25.1 Å². The van der Waals surface area contributed by atoms with Gasteiger partial charge in [-0.05, 0) is 36.2 Å². The van der Waals surface area contributed by atoms with Crippen molar-refractivity contribution in [2.24, 2.45) is 0 Å². The average Bonchev–Trinajstić information content (AvgIpc) is 3.43. The molecule has 0 saturated carbocycles. The number of nitrogens with one attached hydrogen (secondary N) is 1. The summed E-state index contributed by atoms with van der Waals surface area (Å²) in [5, 5.41) is 11.5. The molecule has 1 amide bonds. The first-order valence-corrected chi connectivity index (χ1v) is 10.0. The van der Waals surface area contributed by atoms with E-state index in [4.69, 9.17) is 18.7 Å². The Balaban J connectivity index is 1.44. The fraction of sp³-hybridized carbons (Fsp3) is 0.120. The molecular formula is C25H21NO6. The van der Waals surface area contributed by atoms with Crippen LogP contribution >= 0.6 is 0 Å². The number of furan rings is 2. The molecule has 0 saturated heterocycles. The molecular weight excluding hydrogens is 410 g/mol. The maximum Gasteiger partial charge on any atom is 0.414 e. The number of amides is 1. The number of hydrogen-bond acceptors (Lipinski definition) is 5. The molecule has 2 aromatic carbocycles. The predicted octanol–water partition coefficient (Wildman–Crippen LogP) is 6.14. The number of benzene rings is 2. The lowest BCUT2D eigenvalue weighted by molar-refractivity contribution is -0.136. The van der Waals surface area contributed by atoms with Gasteiger partial charge in [-0.3, -0.25) is 10.1 Å². The Morgan fingerprint density at radius 2 is 1.69 bits per heavy atom. The lowest BCUT2D eigenvalue weighted by atomic mass is 10.0. The summed E-state index contributed by atoms with van der Waals surface area (Å²) in [6, 6.07) is 22.0. The van der Waals surface area contributed by atoms with Gasteiger partial charge >= 0.3 is 12.1 Å². The van der Waals surface area contributed by atoms with Crippen molar-refractivity contribution in [3.05, 3.63) is 90.4 Å². The minimum absolute atomic E-state index is 0.166. The number of carbonyl (C=O) groups is 2. The van der Waals surface area contributed by atoms with Gasteiger partial charge in [0.25, 0.3) is 0 Å². The fourth-order valence-electron chi connectivity index (χ4n) is 3.30. The van der Waals surface area contributed by atoms with Gasteiger partial charge < -0.3 is 18.7 Å². The summed E-state index contributed by atoms with van der Waals surface area (Å²) in [7, 11) is 0. The third-order valence-corrected chi connectivity index (χ3v) is 4.90. The summed E-state index contributed by atoms with van der Waals surface area (Å²) in [4.78, 5) is 23.2. The van der Waals surface area contributed by atoms with Crippen LogP contribution in [0.4, 0.5) is 10.7 Å². The summed E-state index contributed by atoms with van der Waals surface area (Å²) < 4.78 is 16.5. The topological polar surface area (TPSA) is 102 Å². The van der Waals surface area contributed by atoms with Crippen molar-refractivity contribution in [3.63, 3.8) is 0 Å². The van der Waals surface area contributed by atoms with Gasteiger partial charge in [-0.25, -0.2) is 4.79 Å². The van der Waals surface area contributed by atoms with E-state index in [1.807, 2.05) is 54.6 Å². The molecule has 4 rings (SSSR count). The van der Waals surface area contributed by atoms with Crippen molar-refractivity contribution >= 4 is 17.9 Å². The Morgan fingerprint density at radius 1 is 0.969 bits per heavy atom. The maximum atomic E-state index is 12.3. The zero-order valence-electron chi connectivity index (χ0n) is 17.3. The average molecular weight is 431 g/mol. The lowest BCUT2D eigenvalue weighted by Gasteiger charge is -2.14. The van der Waals surface area contributed by atoms with Crippen LogP contribution in [-0.2, 0) is 16.0 Å². The lowest BCUT2D eigenvalue weighted by Crippen LogP contribution is -2.16. The molecule has 0 aliphatic heterocycles. The molecule has 4 aromatic rings. The smallest absolute Gasteiger partial charge is 0.414 e. The third-order valence-electron chi connectivity index (χ3n) is 4.90. The second kappa shape index (κ2) is 9.26. The highest BCUT2D eigenvalue weighted by Crippen LogP contribution is 2.32. The van der Waals surface area contributed by atoms with Gasteiger partial charge in [0.15, 0.2) is 0 Å². The summed E-state index contributed by atoms with van der Waals surface area (Å²) >= 11 is 0. The van der Waals surface area contributed by atoms with Crippen LogP contribution in [0.2, 0.25) is 0 Å². The van der Waals surface area contributed by atoms with E-state index >= 15 is 0 Å². The second-order valence-electron chi connectivity index (χ2n) is 7.16. The number of rotatable bonds is 7. The van der Waals surface area contributed by atoms with Crippen LogP contribution in [0.15, 0.2) is 87.9 Å². The highest BCUT2D eigenvalue weighted by atomic mass is 16.6. The molecule has 1 unspecified atom stereocenters. The van der Waals surface area contributed by atoms with E-state index < -0.39 is 18.2 Å². The van der Waals surface area contributed by atoms with E-state index in [-0.39, 0.29) is 12.3 Å². The van der Waals surface area contributed by atoms with Gasteiger partial charge in [-0.1, -0.05) is 54.6 Å². The first kappa shape index (κ1) is 21.0. The molecule has 32 heavy (non-hydrogen) atoms. The van der Waals surface area contributed by atoms with Crippen molar-refractivity contribution in [2.45, 2.75) is 19.4 Å². The highest BCUT2D eigenvalue weighted by Gasteiger charge is 2.16. The first-order valence-electron chi connectivity index (χ1n) is 10.0. The molecule has 7 heteroatoms. The number of carbonyl (C=O) groups excluding carboxylic acids is 1. The molecule has 0 radical (unpaired) electrons. The predicted molar refractivity (Wildman–Crippen MR) is 118 cm³/mol. The summed E-state index contributed by atoms with van der Waals surface area (Å²) in [5.74, 6) is 0.306. The second-order valence-corrected chi connectivity index (χ2v) is 7.16. The van der Waals surface area contributed by atoms with E-state index in [2.05, 4.69) is 5.32 Å². The zero-order valence-corrected chi connectivity index (χ0v) is 17.3. The van der Waals surface area contributed by atoms with Crippen LogP contribution in [0.3, 0.4) is 0 Å². The Morgan fingerprint density at radius 3 is 2.41 bits per heavy atom. The number of hydrogen-bond donors (Lipinski definition) is 2. The molecule has 2 heterocycles. The van der Waals surface area contributed by atoms with Crippen LogP contribution in [0, 0.1) is 0 Å². The van der Waals surface area contributed by atoms with Crippen molar-refractivity contribution in [1.29, 1.82) is 0 Å². The number of ether oxygens (including phenoxy) is 1. The monoisotopic (exact) mass is 431 g/mol. The Kier molecular flexibility index (Phi) is 6.07. The fourth-order valence-corrected chi connectivity index (χ4v) is 3.30. The van der Waals surface area contributed by atoms with Crippen LogP contribution in [-0.4, -0.2) is 17.2 Å². The van der Waals surface area contributed by atoms with Crippen LogP contribution in [0.25, 0.3) is 22.5 Å². The molecule has 2 aromatic heterocycles. The van der Waals surface area contributed by atoms with Gasteiger partial charge in [0.05, 0.1) is 6.26 Å². The van der Waals surface area contributed by atoms with E-state index in [9.17, 15) is 9.59 Å². The van der Waals surface area contributed by atoms with Crippen molar-refractivity contribution < 1.29 is 28.3 Å². The molecule has 0 aliphatic carbocycles. The van der Waals surface area contributed by atoms with Gasteiger partial charge in [-0.15, -0.1) is 0 Å². The molecule has 162 valence electrons. The number of aliphatic carboxylic acids is 1. The van der Waals surface area contributed by atoms with Crippen LogP contribution in [0.1, 0.15) is 24.4 Å². The van der Waals surface area contributed by atoms with Crippen molar-refractivity contribution in [3.8, 4) is 22.5 Å². The van der Waals surface area contributed by atoms with Gasteiger partial charge in [0, 0.05) is 11.1 Å². The summed E-state index contributed by atoms with van der Waals surface area (Å²) in [6.45, 7) is 1.80. The van der Waals surface area contributed by atoms with Gasteiger partial charge in [-0.2, -0.15) is 0 Å². The largest absolute Gasteiger partial charge is 0.481 e. The van der Waals surface area contributed by atoms with E-state index in [1.165, 1.54) is 6.26 Å². The molecule has 0 spiro atoms. The molecule has 0 fully saturated rings. The molecule has 0 aliphatic rings.